The molecule has 1 aliphatic heterocycles. The number of methoxy groups -OCH3 is 1. The van der Waals surface area contributed by atoms with Crippen LogP contribution in [0.5, 0.6) is 5.75 Å². The fourth-order valence-electron chi connectivity index (χ4n) is 3.42. The van der Waals surface area contributed by atoms with Crippen molar-refractivity contribution < 1.29 is 9.13 Å². The zero-order valence-corrected chi connectivity index (χ0v) is 14.7. The van der Waals surface area contributed by atoms with Crippen LogP contribution in [0.1, 0.15) is 30.5 Å². The Morgan fingerprint density at radius 1 is 1.20 bits per heavy atom. The SMILES string of the molecule is COc1ccc(CN(Cc2ccccn2)[C@H]2CCCNCC2)cc1F. The summed E-state index contributed by atoms with van der Waals surface area (Å²) in [5.41, 5.74) is 2.01. The molecule has 0 aliphatic carbocycles. The molecule has 0 saturated carbocycles. The number of ether oxygens (including phenoxy) is 1. The van der Waals surface area contributed by atoms with Gasteiger partial charge in [0.25, 0.3) is 0 Å². The molecule has 0 spiro atoms. The lowest BCUT2D eigenvalue weighted by atomic mass is 10.1. The van der Waals surface area contributed by atoms with E-state index in [0.29, 0.717) is 18.3 Å². The molecule has 1 atom stereocenters. The summed E-state index contributed by atoms with van der Waals surface area (Å²) in [5.74, 6) is -0.0148. The Morgan fingerprint density at radius 2 is 2.12 bits per heavy atom. The predicted octanol–water partition coefficient (Wildman–Crippen LogP) is 3.37. The Kier molecular flexibility index (Phi) is 6.36. The van der Waals surface area contributed by atoms with Crippen LogP contribution in [0.15, 0.2) is 42.6 Å². The van der Waals surface area contributed by atoms with Crippen molar-refractivity contribution in [2.75, 3.05) is 20.2 Å². The molecular formula is C20H26FN3O. The van der Waals surface area contributed by atoms with Gasteiger partial charge in [0.15, 0.2) is 11.6 Å². The molecule has 134 valence electrons. The van der Waals surface area contributed by atoms with E-state index >= 15 is 0 Å². The molecule has 5 heteroatoms. The van der Waals surface area contributed by atoms with Gasteiger partial charge >= 0.3 is 0 Å². The third-order valence-corrected chi connectivity index (χ3v) is 4.75. The lowest BCUT2D eigenvalue weighted by Gasteiger charge is -2.31. The normalized spacial score (nSPS) is 18.1. The van der Waals surface area contributed by atoms with Gasteiger partial charge in [-0.1, -0.05) is 12.1 Å². The molecule has 2 heterocycles. The molecule has 1 aromatic carbocycles. The maximum atomic E-state index is 14.1. The Hall–Kier alpha value is -1.98. The summed E-state index contributed by atoms with van der Waals surface area (Å²) in [6.45, 7) is 3.59. The Morgan fingerprint density at radius 3 is 2.88 bits per heavy atom. The second-order valence-corrected chi connectivity index (χ2v) is 6.53. The molecule has 1 aliphatic rings. The second kappa shape index (κ2) is 8.92. The van der Waals surface area contributed by atoms with Crippen LogP contribution in [-0.2, 0) is 13.1 Å². The van der Waals surface area contributed by atoms with Gasteiger partial charge in [-0.25, -0.2) is 4.39 Å². The largest absolute Gasteiger partial charge is 0.494 e. The molecule has 0 unspecified atom stereocenters. The van der Waals surface area contributed by atoms with Crippen molar-refractivity contribution in [2.45, 2.75) is 38.4 Å². The fraction of sp³-hybridized carbons (Fsp3) is 0.450. The molecule has 0 radical (unpaired) electrons. The molecule has 4 nitrogen and oxygen atoms in total. The fourth-order valence-corrected chi connectivity index (χ4v) is 3.42. The lowest BCUT2D eigenvalue weighted by molar-refractivity contribution is 0.162. The van der Waals surface area contributed by atoms with Gasteiger partial charge in [0.1, 0.15) is 0 Å². The average Bonchev–Trinajstić information content (AvgIpc) is 2.92. The summed E-state index contributed by atoms with van der Waals surface area (Å²) >= 11 is 0. The molecular weight excluding hydrogens is 317 g/mol. The number of halogens is 1. The highest BCUT2D eigenvalue weighted by atomic mass is 19.1. The Bertz CT molecular complexity index is 657. The van der Waals surface area contributed by atoms with Gasteiger partial charge in [0.2, 0.25) is 0 Å². The molecule has 1 N–H and O–H groups in total. The van der Waals surface area contributed by atoms with Gasteiger partial charge < -0.3 is 10.1 Å². The predicted molar refractivity (Wildman–Crippen MR) is 96.9 cm³/mol. The van der Waals surface area contributed by atoms with Crippen LogP contribution in [0.3, 0.4) is 0 Å². The summed E-state index contributed by atoms with van der Waals surface area (Å²) in [7, 11) is 1.49. The summed E-state index contributed by atoms with van der Waals surface area (Å²) < 4.78 is 19.1. The quantitative estimate of drug-likeness (QED) is 0.873. The first-order valence-electron chi connectivity index (χ1n) is 8.93. The summed E-state index contributed by atoms with van der Waals surface area (Å²) in [6, 6.07) is 11.7. The molecule has 25 heavy (non-hydrogen) atoms. The smallest absolute Gasteiger partial charge is 0.165 e. The third kappa shape index (κ3) is 5.00. The van der Waals surface area contributed by atoms with E-state index in [2.05, 4.69) is 21.3 Å². The molecule has 1 saturated heterocycles. The number of hydrogen-bond donors (Lipinski definition) is 1. The van der Waals surface area contributed by atoms with Crippen molar-refractivity contribution in [1.82, 2.24) is 15.2 Å². The van der Waals surface area contributed by atoms with Crippen LogP contribution in [-0.4, -0.2) is 36.1 Å². The number of aromatic nitrogens is 1. The monoisotopic (exact) mass is 343 g/mol. The summed E-state index contributed by atoms with van der Waals surface area (Å²) in [5, 5.41) is 3.47. The van der Waals surface area contributed by atoms with Crippen LogP contribution in [0.4, 0.5) is 4.39 Å². The minimum atomic E-state index is -0.305. The second-order valence-electron chi connectivity index (χ2n) is 6.53. The van der Waals surface area contributed by atoms with Crippen molar-refractivity contribution in [3.05, 3.63) is 59.7 Å². The van der Waals surface area contributed by atoms with E-state index in [-0.39, 0.29) is 5.82 Å². The van der Waals surface area contributed by atoms with E-state index in [0.717, 1.165) is 43.7 Å². The van der Waals surface area contributed by atoms with E-state index in [9.17, 15) is 4.39 Å². The zero-order valence-electron chi connectivity index (χ0n) is 14.7. The van der Waals surface area contributed by atoms with Crippen molar-refractivity contribution in [3.8, 4) is 5.75 Å². The first-order chi connectivity index (χ1) is 12.3. The first-order valence-corrected chi connectivity index (χ1v) is 8.93. The van der Waals surface area contributed by atoms with Crippen LogP contribution >= 0.6 is 0 Å². The van der Waals surface area contributed by atoms with Gasteiger partial charge in [-0.3, -0.25) is 9.88 Å². The topological polar surface area (TPSA) is 37.4 Å². The molecule has 0 amide bonds. The highest BCUT2D eigenvalue weighted by Crippen LogP contribution is 2.22. The average molecular weight is 343 g/mol. The lowest BCUT2D eigenvalue weighted by Crippen LogP contribution is -2.35. The van der Waals surface area contributed by atoms with E-state index in [1.165, 1.54) is 13.5 Å². The van der Waals surface area contributed by atoms with E-state index in [1.807, 2.05) is 24.4 Å². The third-order valence-electron chi connectivity index (χ3n) is 4.75. The summed E-state index contributed by atoms with van der Waals surface area (Å²) in [4.78, 5) is 6.90. The van der Waals surface area contributed by atoms with Gasteiger partial charge in [0.05, 0.1) is 12.8 Å². The van der Waals surface area contributed by atoms with Crippen molar-refractivity contribution >= 4 is 0 Å². The number of rotatable bonds is 6. The molecule has 1 aromatic heterocycles. The standard InChI is InChI=1S/C20H26FN3O/c1-25-20-8-7-16(13-19(20)21)14-24(15-17-5-2-3-11-23-17)18-6-4-10-22-12-9-18/h2-3,5,7-8,11,13,18,22H,4,6,9-10,12,14-15H2,1H3/t18-/m0/s1. The maximum absolute atomic E-state index is 14.1. The highest BCUT2D eigenvalue weighted by Gasteiger charge is 2.21. The van der Waals surface area contributed by atoms with Crippen molar-refractivity contribution in [1.29, 1.82) is 0 Å². The van der Waals surface area contributed by atoms with E-state index in [4.69, 9.17) is 4.74 Å². The zero-order chi connectivity index (χ0) is 17.5. The van der Waals surface area contributed by atoms with Gasteiger partial charge in [-0.15, -0.1) is 0 Å². The Balaban J connectivity index is 1.78. The number of nitrogens with one attached hydrogen (secondary N) is 1. The number of nitrogens with zero attached hydrogens (tertiary/aromatic N) is 2. The summed E-state index contributed by atoms with van der Waals surface area (Å²) in [6.07, 6.45) is 5.25. The number of benzene rings is 1. The molecule has 2 aromatic rings. The van der Waals surface area contributed by atoms with Gasteiger partial charge in [-0.05, 0) is 62.2 Å². The van der Waals surface area contributed by atoms with Crippen LogP contribution in [0, 0.1) is 5.82 Å². The van der Waals surface area contributed by atoms with E-state index in [1.54, 1.807) is 12.1 Å². The number of pyridine rings is 1. The van der Waals surface area contributed by atoms with Crippen LogP contribution < -0.4 is 10.1 Å². The van der Waals surface area contributed by atoms with Crippen LogP contribution in [0.2, 0.25) is 0 Å². The number of hydrogen-bond acceptors (Lipinski definition) is 4. The minimum absolute atomic E-state index is 0.290. The minimum Gasteiger partial charge on any atom is -0.494 e. The first kappa shape index (κ1) is 17.8. The molecule has 1 fully saturated rings. The Labute approximate surface area is 149 Å². The molecule has 0 bridgehead atoms. The van der Waals surface area contributed by atoms with Gasteiger partial charge in [0, 0.05) is 25.3 Å². The van der Waals surface area contributed by atoms with Crippen LogP contribution in [0.25, 0.3) is 0 Å². The maximum Gasteiger partial charge on any atom is 0.165 e. The molecule has 3 rings (SSSR count). The van der Waals surface area contributed by atoms with Gasteiger partial charge in [-0.2, -0.15) is 0 Å². The van der Waals surface area contributed by atoms with E-state index < -0.39 is 0 Å². The van der Waals surface area contributed by atoms with Crippen molar-refractivity contribution in [2.24, 2.45) is 0 Å². The van der Waals surface area contributed by atoms with Crippen molar-refractivity contribution in [3.63, 3.8) is 0 Å². The highest BCUT2D eigenvalue weighted by molar-refractivity contribution is 5.29.